The lowest BCUT2D eigenvalue weighted by Crippen LogP contribution is -2.12. The van der Waals surface area contributed by atoms with Crippen LogP contribution in [-0.4, -0.2) is 0 Å². The van der Waals surface area contributed by atoms with Gasteiger partial charge in [-0.3, -0.25) is 0 Å². The van der Waals surface area contributed by atoms with E-state index in [0.717, 1.165) is 26.5 Å². The number of fused-ring (bicyclic) bond motifs is 1. The molecule has 1 unspecified atom stereocenters. The van der Waals surface area contributed by atoms with Crippen LogP contribution in [0.3, 0.4) is 0 Å². The fraction of sp³-hybridized carbons (Fsp3) is 0.125. The van der Waals surface area contributed by atoms with Gasteiger partial charge in [0.15, 0.2) is 0 Å². The second-order valence-corrected chi connectivity index (χ2v) is 6.52. The second-order valence-electron chi connectivity index (χ2n) is 4.79. The summed E-state index contributed by atoms with van der Waals surface area (Å²) in [4.78, 5) is 0. The van der Waals surface area contributed by atoms with Crippen LogP contribution in [0.5, 0.6) is 0 Å². The summed E-state index contributed by atoms with van der Waals surface area (Å²) >= 11 is 5.23. The van der Waals surface area contributed by atoms with E-state index in [9.17, 15) is 4.39 Å². The smallest absolute Gasteiger partial charge is 0.123 e. The number of nitrogens with two attached hydrogens (primary N) is 1. The van der Waals surface area contributed by atoms with Crippen LogP contribution in [0.15, 0.2) is 46.3 Å². The molecule has 0 bridgehead atoms. The summed E-state index contributed by atoms with van der Waals surface area (Å²) in [6.07, 6.45) is 0. The lowest BCUT2D eigenvalue weighted by Gasteiger charge is -2.14. The van der Waals surface area contributed by atoms with Crippen molar-refractivity contribution in [2.45, 2.75) is 13.0 Å². The van der Waals surface area contributed by atoms with Gasteiger partial charge in [-0.05, 0) is 68.5 Å². The lowest BCUT2D eigenvalue weighted by atomic mass is 9.95. The Labute approximate surface area is 129 Å². The molecule has 1 atom stereocenters. The van der Waals surface area contributed by atoms with Crippen LogP contribution in [0.4, 0.5) is 4.39 Å². The van der Waals surface area contributed by atoms with Gasteiger partial charge in [0.1, 0.15) is 5.82 Å². The molecule has 0 aliphatic carbocycles. The van der Waals surface area contributed by atoms with Crippen LogP contribution >= 0.6 is 27.3 Å². The average Bonchev–Trinajstić information content (AvgIpc) is 2.83. The van der Waals surface area contributed by atoms with Crippen LogP contribution in [0.2, 0.25) is 0 Å². The minimum atomic E-state index is -0.237. The third-order valence-corrected chi connectivity index (χ3v) is 5.45. The van der Waals surface area contributed by atoms with Crippen molar-refractivity contribution >= 4 is 37.4 Å². The van der Waals surface area contributed by atoms with Gasteiger partial charge < -0.3 is 5.73 Å². The SMILES string of the molecule is Cc1cc(F)ccc1C(N)c1csc2c(Br)cccc12. The second kappa shape index (κ2) is 5.28. The number of hydrogen-bond donors (Lipinski definition) is 1. The van der Waals surface area contributed by atoms with Crippen molar-refractivity contribution in [1.29, 1.82) is 0 Å². The molecule has 0 fully saturated rings. The summed E-state index contributed by atoms with van der Waals surface area (Å²) in [6, 6.07) is 10.6. The molecule has 1 aromatic heterocycles. The molecule has 1 heterocycles. The molecular formula is C16H13BrFNS. The van der Waals surface area contributed by atoms with Crippen molar-refractivity contribution in [3.63, 3.8) is 0 Å². The molecule has 0 aliphatic rings. The fourth-order valence-corrected chi connectivity index (χ4v) is 4.10. The molecule has 0 saturated heterocycles. The molecule has 2 N–H and O–H groups in total. The topological polar surface area (TPSA) is 26.0 Å². The summed E-state index contributed by atoms with van der Waals surface area (Å²) < 4.78 is 15.5. The summed E-state index contributed by atoms with van der Waals surface area (Å²) in [5.41, 5.74) is 9.33. The maximum Gasteiger partial charge on any atom is 0.123 e. The number of aryl methyl sites for hydroxylation is 1. The maximum atomic E-state index is 13.2. The van der Waals surface area contributed by atoms with E-state index in [-0.39, 0.29) is 11.9 Å². The van der Waals surface area contributed by atoms with Crippen molar-refractivity contribution in [3.8, 4) is 0 Å². The number of hydrogen-bond acceptors (Lipinski definition) is 2. The summed E-state index contributed by atoms with van der Waals surface area (Å²) in [5, 5.41) is 3.24. The molecule has 0 aliphatic heterocycles. The van der Waals surface area contributed by atoms with Crippen LogP contribution < -0.4 is 5.73 Å². The Morgan fingerprint density at radius 2 is 2.00 bits per heavy atom. The minimum absolute atomic E-state index is 0.226. The van der Waals surface area contributed by atoms with Gasteiger partial charge in [0.05, 0.1) is 6.04 Å². The Morgan fingerprint density at radius 1 is 1.20 bits per heavy atom. The molecule has 4 heteroatoms. The van der Waals surface area contributed by atoms with Gasteiger partial charge in [-0.2, -0.15) is 0 Å². The largest absolute Gasteiger partial charge is 0.320 e. The standard InChI is InChI=1S/C16H13BrFNS/c1-9-7-10(18)5-6-11(9)15(19)13-8-20-16-12(13)3-2-4-14(16)17/h2-8,15H,19H2,1H3. The first-order valence-corrected chi connectivity index (χ1v) is 7.92. The molecule has 0 amide bonds. The third-order valence-electron chi connectivity index (χ3n) is 3.48. The zero-order chi connectivity index (χ0) is 14.3. The molecule has 3 aromatic rings. The highest BCUT2D eigenvalue weighted by atomic mass is 79.9. The molecule has 0 saturated carbocycles. The first-order valence-electron chi connectivity index (χ1n) is 6.25. The summed E-state index contributed by atoms with van der Waals surface area (Å²) in [6.45, 7) is 1.89. The highest BCUT2D eigenvalue weighted by Gasteiger charge is 2.16. The molecule has 20 heavy (non-hydrogen) atoms. The van der Waals surface area contributed by atoms with E-state index >= 15 is 0 Å². The van der Waals surface area contributed by atoms with Crippen LogP contribution in [0, 0.1) is 12.7 Å². The highest BCUT2D eigenvalue weighted by Crippen LogP contribution is 2.36. The predicted molar refractivity (Wildman–Crippen MR) is 86.7 cm³/mol. The Bertz CT molecular complexity index is 781. The van der Waals surface area contributed by atoms with Crippen molar-refractivity contribution in [3.05, 3.63) is 68.8 Å². The van der Waals surface area contributed by atoms with Gasteiger partial charge in [-0.1, -0.05) is 18.2 Å². The van der Waals surface area contributed by atoms with Gasteiger partial charge in [-0.15, -0.1) is 11.3 Å². The Hall–Kier alpha value is -1.23. The van der Waals surface area contributed by atoms with Crippen molar-refractivity contribution in [1.82, 2.24) is 0 Å². The zero-order valence-electron chi connectivity index (χ0n) is 10.9. The van der Waals surface area contributed by atoms with Gasteiger partial charge in [0, 0.05) is 9.17 Å². The van der Waals surface area contributed by atoms with Crippen LogP contribution in [0.25, 0.3) is 10.1 Å². The van der Waals surface area contributed by atoms with E-state index in [0.29, 0.717) is 0 Å². The maximum absolute atomic E-state index is 13.2. The lowest BCUT2D eigenvalue weighted by molar-refractivity contribution is 0.625. The van der Waals surface area contributed by atoms with E-state index in [1.807, 2.05) is 19.1 Å². The number of halogens is 2. The van der Waals surface area contributed by atoms with E-state index in [4.69, 9.17) is 5.73 Å². The zero-order valence-corrected chi connectivity index (χ0v) is 13.3. The number of benzene rings is 2. The normalized spacial score (nSPS) is 12.8. The third kappa shape index (κ3) is 2.28. The quantitative estimate of drug-likeness (QED) is 0.679. The van der Waals surface area contributed by atoms with Crippen LogP contribution in [-0.2, 0) is 0 Å². The molecular weight excluding hydrogens is 337 g/mol. The molecule has 2 aromatic carbocycles. The Balaban J connectivity index is 2.13. The first-order chi connectivity index (χ1) is 9.58. The van der Waals surface area contributed by atoms with Crippen molar-refractivity contribution in [2.75, 3.05) is 0 Å². The number of thiophene rings is 1. The predicted octanol–water partition coefficient (Wildman–Crippen LogP) is 5.16. The van der Waals surface area contributed by atoms with E-state index in [1.165, 1.54) is 16.8 Å². The van der Waals surface area contributed by atoms with Crippen molar-refractivity contribution < 1.29 is 4.39 Å². The molecule has 0 spiro atoms. The van der Waals surface area contributed by atoms with E-state index < -0.39 is 0 Å². The van der Waals surface area contributed by atoms with Gasteiger partial charge >= 0.3 is 0 Å². The van der Waals surface area contributed by atoms with Gasteiger partial charge in [-0.25, -0.2) is 4.39 Å². The van der Waals surface area contributed by atoms with Gasteiger partial charge in [0.2, 0.25) is 0 Å². The minimum Gasteiger partial charge on any atom is -0.320 e. The monoisotopic (exact) mass is 349 g/mol. The molecule has 102 valence electrons. The summed E-state index contributed by atoms with van der Waals surface area (Å²) in [5.74, 6) is -0.226. The average molecular weight is 350 g/mol. The Morgan fingerprint density at radius 3 is 2.75 bits per heavy atom. The Kier molecular flexibility index (Phi) is 3.63. The highest BCUT2D eigenvalue weighted by molar-refractivity contribution is 9.10. The number of rotatable bonds is 2. The van der Waals surface area contributed by atoms with E-state index in [2.05, 4.69) is 27.4 Å². The first kappa shape index (κ1) is 13.7. The van der Waals surface area contributed by atoms with Crippen LogP contribution in [0.1, 0.15) is 22.7 Å². The summed E-state index contributed by atoms with van der Waals surface area (Å²) in [7, 11) is 0. The molecule has 1 nitrogen and oxygen atoms in total. The molecule has 3 rings (SSSR count). The van der Waals surface area contributed by atoms with E-state index in [1.54, 1.807) is 17.4 Å². The fourth-order valence-electron chi connectivity index (χ4n) is 2.44. The molecule has 0 radical (unpaired) electrons. The van der Waals surface area contributed by atoms with Crippen molar-refractivity contribution in [2.24, 2.45) is 5.73 Å². The van der Waals surface area contributed by atoms with Gasteiger partial charge in [0.25, 0.3) is 0 Å².